The zero-order chi connectivity index (χ0) is 27.5. The van der Waals surface area contributed by atoms with Gasteiger partial charge in [0.15, 0.2) is 5.69 Å². The van der Waals surface area contributed by atoms with E-state index in [4.69, 9.17) is 0 Å². The highest BCUT2D eigenvalue weighted by atomic mass is 16.3. The van der Waals surface area contributed by atoms with Crippen molar-refractivity contribution in [2.45, 2.75) is 6.92 Å². The second-order valence-corrected chi connectivity index (χ2v) is 9.53. The van der Waals surface area contributed by atoms with Crippen LogP contribution in [0, 0.1) is 6.92 Å². The molecule has 1 amide bonds. The molecule has 0 aliphatic rings. The van der Waals surface area contributed by atoms with Gasteiger partial charge in [0.25, 0.3) is 5.91 Å². The maximum atomic E-state index is 13.2. The number of amides is 1. The van der Waals surface area contributed by atoms with Gasteiger partial charge in [0.1, 0.15) is 5.75 Å². The molecule has 1 heterocycles. The summed E-state index contributed by atoms with van der Waals surface area (Å²) in [4.78, 5) is 13.2. The quantitative estimate of drug-likeness (QED) is 0.180. The molecular formula is C34H26N4O2. The molecule has 2 N–H and O–H groups in total. The van der Waals surface area contributed by atoms with E-state index in [2.05, 4.69) is 39.9 Å². The predicted octanol–water partition coefficient (Wildman–Crippen LogP) is 7.14. The Bertz CT molecular complexity index is 1860. The molecule has 0 saturated carbocycles. The first-order chi connectivity index (χ1) is 19.6. The lowest BCUT2D eigenvalue weighted by Gasteiger charge is -2.09. The van der Waals surface area contributed by atoms with E-state index in [1.165, 1.54) is 6.21 Å². The second kappa shape index (κ2) is 10.7. The molecule has 6 rings (SSSR count). The van der Waals surface area contributed by atoms with Gasteiger partial charge in [-0.05, 0) is 58.7 Å². The Labute approximate surface area is 231 Å². The molecule has 0 unspecified atom stereocenters. The minimum atomic E-state index is -0.454. The van der Waals surface area contributed by atoms with Crippen molar-refractivity contribution in [2.24, 2.45) is 5.10 Å². The minimum absolute atomic E-state index is 0.0849. The second-order valence-electron chi connectivity index (χ2n) is 9.53. The molecule has 6 aromatic rings. The van der Waals surface area contributed by atoms with Crippen LogP contribution >= 0.6 is 0 Å². The third-order valence-corrected chi connectivity index (χ3v) is 6.78. The Balaban J connectivity index is 1.32. The van der Waals surface area contributed by atoms with E-state index in [1.807, 2.05) is 91.9 Å². The highest BCUT2D eigenvalue weighted by Gasteiger charge is 2.17. The smallest absolute Gasteiger partial charge is 0.291 e. The molecule has 6 nitrogen and oxygen atoms in total. The summed E-state index contributed by atoms with van der Waals surface area (Å²) in [6.45, 7) is 2.02. The number of aromatic nitrogens is 2. The van der Waals surface area contributed by atoms with Gasteiger partial charge in [0, 0.05) is 11.1 Å². The fourth-order valence-corrected chi connectivity index (χ4v) is 4.75. The molecule has 1 aromatic heterocycles. The molecule has 0 bridgehead atoms. The number of nitrogens with one attached hydrogen (secondary N) is 1. The molecule has 0 aliphatic heterocycles. The summed E-state index contributed by atoms with van der Waals surface area (Å²) in [5.41, 5.74) is 9.22. The number of fused-ring (bicyclic) bond motifs is 1. The molecule has 0 radical (unpaired) electrons. The lowest BCUT2D eigenvalue weighted by molar-refractivity contribution is 0.0949. The topological polar surface area (TPSA) is 79.5 Å². The Morgan fingerprint density at radius 1 is 0.800 bits per heavy atom. The summed E-state index contributed by atoms with van der Waals surface area (Å²) >= 11 is 0. The van der Waals surface area contributed by atoms with E-state index in [0.29, 0.717) is 5.56 Å². The number of rotatable bonds is 6. The van der Waals surface area contributed by atoms with E-state index < -0.39 is 5.91 Å². The lowest BCUT2D eigenvalue weighted by Crippen LogP contribution is -2.18. The molecule has 0 spiro atoms. The van der Waals surface area contributed by atoms with Gasteiger partial charge in [-0.15, -0.1) is 0 Å². The molecule has 0 saturated heterocycles. The highest BCUT2D eigenvalue weighted by Crippen LogP contribution is 2.28. The van der Waals surface area contributed by atoms with Crippen LogP contribution in [0.1, 0.15) is 21.6 Å². The molecule has 0 fully saturated rings. The van der Waals surface area contributed by atoms with Gasteiger partial charge in [-0.2, -0.15) is 10.2 Å². The van der Waals surface area contributed by atoms with Crippen molar-refractivity contribution in [1.29, 1.82) is 0 Å². The first-order valence-electron chi connectivity index (χ1n) is 12.9. The zero-order valence-corrected chi connectivity index (χ0v) is 21.8. The van der Waals surface area contributed by atoms with Crippen LogP contribution < -0.4 is 5.43 Å². The van der Waals surface area contributed by atoms with Crippen LogP contribution in [0.3, 0.4) is 0 Å². The number of hydrazone groups is 1. The average Bonchev–Trinajstić information content (AvgIpc) is 3.45. The zero-order valence-electron chi connectivity index (χ0n) is 21.8. The van der Waals surface area contributed by atoms with Gasteiger partial charge in [-0.3, -0.25) is 4.79 Å². The summed E-state index contributed by atoms with van der Waals surface area (Å²) in [6.07, 6.45) is 1.45. The average molecular weight is 523 g/mol. The molecule has 0 aliphatic carbocycles. The molecule has 0 atom stereocenters. The number of carbonyl (C=O) groups excluding carboxylic acids is 1. The van der Waals surface area contributed by atoms with Gasteiger partial charge in [-0.1, -0.05) is 97.1 Å². The molecule has 194 valence electrons. The van der Waals surface area contributed by atoms with Crippen LogP contribution in [0.2, 0.25) is 0 Å². The van der Waals surface area contributed by atoms with Gasteiger partial charge in [0.05, 0.1) is 17.6 Å². The number of benzene rings is 5. The Hall–Kier alpha value is -5.49. The summed E-state index contributed by atoms with van der Waals surface area (Å²) in [5, 5.41) is 21.0. The molecule has 6 heteroatoms. The fourth-order valence-electron chi connectivity index (χ4n) is 4.75. The number of hydrogen-bond donors (Lipinski definition) is 2. The number of phenolic OH excluding ortho intramolecular Hbond substituents is 1. The highest BCUT2D eigenvalue weighted by molar-refractivity contribution is 6.03. The van der Waals surface area contributed by atoms with Gasteiger partial charge >= 0.3 is 0 Å². The van der Waals surface area contributed by atoms with Crippen LogP contribution in [0.5, 0.6) is 5.75 Å². The number of aryl methyl sites for hydroxylation is 1. The fraction of sp³-hybridized carbons (Fsp3) is 0.0294. The van der Waals surface area contributed by atoms with E-state index in [0.717, 1.165) is 44.4 Å². The van der Waals surface area contributed by atoms with Crippen molar-refractivity contribution >= 4 is 22.9 Å². The van der Waals surface area contributed by atoms with Gasteiger partial charge in [-0.25, -0.2) is 10.1 Å². The largest absolute Gasteiger partial charge is 0.507 e. The van der Waals surface area contributed by atoms with Crippen molar-refractivity contribution in [1.82, 2.24) is 15.2 Å². The summed E-state index contributed by atoms with van der Waals surface area (Å²) in [7, 11) is 0. The van der Waals surface area contributed by atoms with Crippen LogP contribution in [-0.2, 0) is 0 Å². The van der Waals surface area contributed by atoms with Crippen molar-refractivity contribution in [2.75, 3.05) is 0 Å². The van der Waals surface area contributed by atoms with E-state index in [9.17, 15) is 9.90 Å². The summed E-state index contributed by atoms with van der Waals surface area (Å²) in [6, 6.07) is 39.3. The summed E-state index contributed by atoms with van der Waals surface area (Å²) < 4.78 is 1.78. The maximum absolute atomic E-state index is 13.2. The first kappa shape index (κ1) is 24.8. The van der Waals surface area contributed by atoms with Crippen LogP contribution in [0.25, 0.3) is 38.8 Å². The van der Waals surface area contributed by atoms with Crippen LogP contribution in [0.15, 0.2) is 126 Å². The van der Waals surface area contributed by atoms with Crippen LogP contribution in [0.4, 0.5) is 0 Å². The number of nitrogens with zero attached hydrogens (tertiary/aromatic N) is 3. The van der Waals surface area contributed by atoms with Gasteiger partial charge in [0.2, 0.25) is 0 Å². The monoisotopic (exact) mass is 522 g/mol. The van der Waals surface area contributed by atoms with E-state index in [1.54, 1.807) is 16.8 Å². The van der Waals surface area contributed by atoms with Crippen molar-refractivity contribution in [3.8, 4) is 33.8 Å². The third-order valence-electron chi connectivity index (χ3n) is 6.78. The number of hydrogen-bond acceptors (Lipinski definition) is 4. The van der Waals surface area contributed by atoms with E-state index >= 15 is 0 Å². The Morgan fingerprint density at radius 3 is 2.33 bits per heavy atom. The Kier molecular flexibility index (Phi) is 6.65. The Morgan fingerprint density at radius 2 is 1.52 bits per heavy atom. The molecule has 40 heavy (non-hydrogen) atoms. The molecular weight excluding hydrogens is 496 g/mol. The number of phenols is 1. The maximum Gasteiger partial charge on any atom is 0.291 e. The third kappa shape index (κ3) is 4.98. The van der Waals surface area contributed by atoms with Crippen molar-refractivity contribution in [3.05, 3.63) is 138 Å². The first-order valence-corrected chi connectivity index (χ1v) is 12.9. The summed E-state index contributed by atoms with van der Waals surface area (Å²) in [5.74, 6) is -0.369. The van der Waals surface area contributed by atoms with Crippen LogP contribution in [-0.4, -0.2) is 27.0 Å². The predicted molar refractivity (Wildman–Crippen MR) is 160 cm³/mol. The standard InChI is InChI=1S/C34H26N4O2/c1-23-8-7-12-28(20-23)38-32(27-16-14-25(15-17-27)24-9-3-2-4-10-24)21-31(37-38)34(40)36-35-22-30-29-13-6-5-11-26(29)18-19-33(30)39/h2-22,39H,1H3,(H,36,40)/b35-22-. The molecule has 5 aromatic carbocycles. The normalized spacial score (nSPS) is 11.2. The van der Waals surface area contributed by atoms with Crippen molar-refractivity contribution in [3.63, 3.8) is 0 Å². The van der Waals surface area contributed by atoms with Gasteiger partial charge < -0.3 is 5.11 Å². The minimum Gasteiger partial charge on any atom is -0.507 e. The SMILES string of the molecule is Cc1cccc(-n2nc(C(=O)N/N=C\c3c(O)ccc4ccccc34)cc2-c2ccc(-c3ccccc3)cc2)c1. The number of carbonyl (C=O) groups is 1. The van der Waals surface area contributed by atoms with Crippen molar-refractivity contribution < 1.29 is 9.90 Å². The lowest BCUT2D eigenvalue weighted by atomic mass is 10.0. The van der Waals surface area contributed by atoms with E-state index in [-0.39, 0.29) is 11.4 Å². The number of aromatic hydroxyl groups is 1.